The van der Waals surface area contributed by atoms with Gasteiger partial charge in [-0.2, -0.15) is 4.31 Å². The van der Waals surface area contributed by atoms with Crippen molar-refractivity contribution in [2.75, 3.05) is 19.7 Å². The van der Waals surface area contributed by atoms with E-state index in [0.29, 0.717) is 24.9 Å². The van der Waals surface area contributed by atoms with Crippen LogP contribution in [0.15, 0.2) is 39.3 Å². The van der Waals surface area contributed by atoms with Crippen molar-refractivity contribution in [3.05, 3.63) is 50.6 Å². The first-order valence-corrected chi connectivity index (χ1v) is 11.9. The minimum absolute atomic E-state index is 0.0694. The third-order valence-electron chi connectivity index (χ3n) is 5.09. The van der Waals surface area contributed by atoms with E-state index in [1.165, 1.54) is 28.6 Å². The Hall–Kier alpha value is -1.97. The molecule has 2 unspecified atom stereocenters. The predicted molar refractivity (Wildman–Crippen MR) is 112 cm³/mol. The van der Waals surface area contributed by atoms with Crippen LogP contribution in [0.25, 0.3) is 0 Å². The molecule has 0 bridgehead atoms. The molecular weight excluding hydrogens is 412 g/mol. The normalized spacial score (nSPS) is 20.5. The van der Waals surface area contributed by atoms with E-state index in [-0.39, 0.29) is 28.5 Å². The first-order chi connectivity index (χ1) is 13.7. The summed E-state index contributed by atoms with van der Waals surface area (Å²) in [6.07, 6.45) is 1.02. The van der Waals surface area contributed by atoms with Crippen LogP contribution in [-0.4, -0.2) is 43.0 Å². The molecule has 1 fully saturated rings. The molecular formula is C20H26N2O5S2. The van der Waals surface area contributed by atoms with E-state index in [1.807, 2.05) is 6.92 Å². The van der Waals surface area contributed by atoms with Gasteiger partial charge in [0.1, 0.15) is 6.61 Å². The Bertz CT molecular complexity index is 1010. The molecule has 2 atom stereocenters. The van der Waals surface area contributed by atoms with Gasteiger partial charge in [-0.25, -0.2) is 13.2 Å². The molecule has 2 aromatic rings. The average molecular weight is 439 g/mol. The number of aromatic nitrogens is 1. The lowest BCUT2D eigenvalue weighted by molar-refractivity contribution is 0.0490. The van der Waals surface area contributed by atoms with Crippen molar-refractivity contribution in [3.63, 3.8) is 0 Å². The highest BCUT2D eigenvalue weighted by atomic mass is 32.2. The van der Waals surface area contributed by atoms with Crippen LogP contribution in [0.5, 0.6) is 0 Å². The molecule has 1 aromatic carbocycles. The quantitative estimate of drug-likeness (QED) is 0.648. The fourth-order valence-electron chi connectivity index (χ4n) is 3.70. The lowest BCUT2D eigenvalue weighted by Crippen LogP contribution is -2.42. The number of sulfonamides is 1. The van der Waals surface area contributed by atoms with Crippen molar-refractivity contribution in [1.82, 2.24) is 8.87 Å². The molecule has 158 valence electrons. The summed E-state index contributed by atoms with van der Waals surface area (Å²) >= 11 is 1.11. The highest BCUT2D eigenvalue weighted by Gasteiger charge is 2.31. The molecule has 0 saturated carbocycles. The van der Waals surface area contributed by atoms with E-state index >= 15 is 0 Å². The summed E-state index contributed by atoms with van der Waals surface area (Å²) in [6.45, 7) is 7.32. The molecule has 0 spiro atoms. The van der Waals surface area contributed by atoms with Gasteiger partial charge in [-0.15, -0.1) is 0 Å². The summed E-state index contributed by atoms with van der Waals surface area (Å²) in [6, 6.07) is 5.83. The number of carbonyl (C=O) groups excluding carboxylic acids is 1. The molecule has 7 nitrogen and oxygen atoms in total. The second kappa shape index (κ2) is 8.81. The van der Waals surface area contributed by atoms with Gasteiger partial charge in [-0.3, -0.25) is 9.36 Å². The maximum atomic E-state index is 12.9. The van der Waals surface area contributed by atoms with E-state index < -0.39 is 16.0 Å². The third kappa shape index (κ3) is 4.96. The Kier molecular flexibility index (Phi) is 6.60. The number of piperidine rings is 1. The summed E-state index contributed by atoms with van der Waals surface area (Å²) in [5.41, 5.74) is 1.10. The van der Waals surface area contributed by atoms with Gasteiger partial charge in [0.25, 0.3) is 0 Å². The van der Waals surface area contributed by atoms with Crippen molar-refractivity contribution < 1.29 is 17.9 Å². The number of aryl methyl sites for hydroxylation is 1. The van der Waals surface area contributed by atoms with E-state index in [4.69, 9.17) is 4.74 Å². The van der Waals surface area contributed by atoms with E-state index in [1.54, 1.807) is 9.95 Å². The van der Waals surface area contributed by atoms with Gasteiger partial charge in [-0.05, 0) is 49.4 Å². The first kappa shape index (κ1) is 21.7. The molecule has 1 aliphatic rings. The van der Waals surface area contributed by atoms with Crippen LogP contribution in [0.2, 0.25) is 0 Å². The van der Waals surface area contributed by atoms with E-state index in [2.05, 4.69) is 13.8 Å². The Labute approximate surface area is 175 Å². The third-order valence-corrected chi connectivity index (χ3v) is 7.81. The van der Waals surface area contributed by atoms with Crippen LogP contribution in [0.4, 0.5) is 0 Å². The summed E-state index contributed by atoms with van der Waals surface area (Å²) in [5, 5.41) is 1.76. The number of rotatable bonds is 6. The van der Waals surface area contributed by atoms with Gasteiger partial charge in [0.05, 0.1) is 17.0 Å². The molecule has 0 aliphatic carbocycles. The second-order valence-electron chi connectivity index (χ2n) is 7.72. The van der Waals surface area contributed by atoms with Crippen LogP contribution in [0.3, 0.4) is 0 Å². The monoisotopic (exact) mass is 438 g/mol. The number of thiazole rings is 1. The smallest absolute Gasteiger partial charge is 0.338 e. The predicted octanol–water partition coefficient (Wildman–Crippen LogP) is 2.74. The highest BCUT2D eigenvalue weighted by molar-refractivity contribution is 7.89. The number of benzene rings is 1. The number of ether oxygens (including phenoxy) is 1. The van der Waals surface area contributed by atoms with Crippen LogP contribution >= 0.6 is 11.3 Å². The molecule has 0 N–H and O–H groups in total. The molecule has 1 saturated heterocycles. The van der Waals surface area contributed by atoms with Crippen molar-refractivity contribution >= 4 is 27.3 Å². The van der Waals surface area contributed by atoms with Gasteiger partial charge < -0.3 is 4.74 Å². The van der Waals surface area contributed by atoms with Crippen molar-refractivity contribution in [1.29, 1.82) is 0 Å². The largest absolute Gasteiger partial charge is 0.460 e. The maximum Gasteiger partial charge on any atom is 0.338 e. The van der Waals surface area contributed by atoms with Gasteiger partial charge in [0, 0.05) is 24.2 Å². The highest BCUT2D eigenvalue weighted by Crippen LogP contribution is 2.26. The molecule has 1 aromatic heterocycles. The van der Waals surface area contributed by atoms with Gasteiger partial charge in [0.15, 0.2) is 0 Å². The molecule has 9 heteroatoms. The summed E-state index contributed by atoms with van der Waals surface area (Å²) in [5.74, 6) is 0.0967. The zero-order valence-electron chi connectivity index (χ0n) is 16.8. The minimum atomic E-state index is -3.58. The van der Waals surface area contributed by atoms with Gasteiger partial charge in [0.2, 0.25) is 10.0 Å². The lowest BCUT2D eigenvalue weighted by atomic mass is 9.94. The minimum Gasteiger partial charge on any atom is -0.460 e. The second-order valence-corrected chi connectivity index (χ2v) is 10.5. The maximum absolute atomic E-state index is 12.9. The SMILES string of the molecule is Cc1csc(=O)n1CCOC(=O)c1ccc(S(=O)(=O)N2CC(C)CC(C)C2)cc1. The van der Waals surface area contributed by atoms with E-state index in [9.17, 15) is 18.0 Å². The number of hydrogen-bond donors (Lipinski definition) is 0. The topological polar surface area (TPSA) is 85.7 Å². The van der Waals surface area contributed by atoms with Gasteiger partial charge in [-0.1, -0.05) is 25.2 Å². The van der Waals surface area contributed by atoms with E-state index in [0.717, 1.165) is 23.5 Å². The molecule has 1 aliphatic heterocycles. The zero-order chi connectivity index (χ0) is 21.2. The standard InChI is InChI=1S/C20H26N2O5S2/c1-14-10-15(2)12-21(11-14)29(25,26)18-6-4-17(5-7-18)19(23)27-9-8-22-16(3)13-28-20(22)24/h4-7,13-15H,8-12H2,1-3H3. The Balaban J connectivity index is 1.63. The number of hydrogen-bond acceptors (Lipinski definition) is 6. The summed E-state index contributed by atoms with van der Waals surface area (Å²) in [4.78, 5) is 24.0. The van der Waals surface area contributed by atoms with Crippen molar-refractivity contribution in [2.24, 2.45) is 11.8 Å². The number of esters is 1. The Morgan fingerprint density at radius 3 is 2.34 bits per heavy atom. The van der Waals surface area contributed by atoms with Crippen molar-refractivity contribution in [2.45, 2.75) is 38.6 Å². The fourth-order valence-corrected chi connectivity index (χ4v) is 6.14. The molecule has 3 rings (SSSR count). The number of nitrogens with zero attached hydrogens (tertiary/aromatic N) is 2. The first-order valence-electron chi connectivity index (χ1n) is 9.60. The van der Waals surface area contributed by atoms with Crippen molar-refractivity contribution in [3.8, 4) is 0 Å². The van der Waals surface area contributed by atoms with Gasteiger partial charge >= 0.3 is 10.8 Å². The molecule has 29 heavy (non-hydrogen) atoms. The zero-order valence-corrected chi connectivity index (χ0v) is 18.5. The Morgan fingerprint density at radius 1 is 1.17 bits per heavy atom. The average Bonchev–Trinajstić information content (AvgIpc) is 2.99. The van der Waals surface area contributed by atoms with Crippen LogP contribution < -0.4 is 4.87 Å². The molecule has 0 radical (unpaired) electrons. The summed E-state index contributed by atoms with van der Waals surface area (Å²) in [7, 11) is -3.58. The summed E-state index contributed by atoms with van der Waals surface area (Å²) < 4.78 is 34.1. The van der Waals surface area contributed by atoms with Crippen LogP contribution in [-0.2, 0) is 21.3 Å². The van der Waals surface area contributed by atoms with Crippen LogP contribution in [0.1, 0.15) is 36.3 Å². The molecule has 2 heterocycles. The Morgan fingerprint density at radius 2 is 1.79 bits per heavy atom. The van der Waals surface area contributed by atoms with Crippen LogP contribution in [0, 0.1) is 18.8 Å². The molecule has 0 amide bonds. The lowest BCUT2D eigenvalue weighted by Gasteiger charge is -2.34. The fraction of sp³-hybridized carbons (Fsp3) is 0.500. The number of carbonyl (C=O) groups is 1.